The first-order chi connectivity index (χ1) is 22.6. The number of benzene rings is 2. The van der Waals surface area contributed by atoms with E-state index >= 15 is 0 Å². The van der Waals surface area contributed by atoms with Crippen molar-refractivity contribution < 1.29 is 9.13 Å². The zero-order valence-corrected chi connectivity index (χ0v) is 27.2. The number of rotatable bonds is 18. The van der Waals surface area contributed by atoms with E-state index in [1.165, 1.54) is 50.0 Å². The molecule has 0 saturated carbocycles. The van der Waals surface area contributed by atoms with Gasteiger partial charge in [-0.25, -0.2) is 9.37 Å². The van der Waals surface area contributed by atoms with Crippen LogP contribution in [0.5, 0.6) is 5.75 Å². The highest BCUT2D eigenvalue weighted by Crippen LogP contribution is 2.18. The molecule has 2 N–H and O–H groups in total. The maximum absolute atomic E-state index is 13.4. The van der Waals surface area contributed by atoms with E-state index in [1.807, 2.05) is 42.6 Å². The maximum Gasteiger partial charge on any atom is 0.204 e. The highest BCUT2D eigenvalue weighted by molar-refractivity contribution is 5.81. The van der Waals surface area contributed by atoms with E-state index in [1.54, 1.807) is 6.20 Å². The number of nitriles is 1. The predicted molar refractivity (Wildman–Crippen MR) is 183 cm³/mol. The monoisotopic (exact) mass is 628 g/mol. The first kappa shape index (κ1) is 34.7. The highest BCUT2D eigenvalue weighted by Gasteiger charge is 2.12. The van der Waals surface area contributed by atoms with E-state index < -0.39 is 0 Å². The van der Waals surface area contributed by atoms with E-state index in [0.717, 1.165) is 62.6 Å². The first-order valence-electron chi connectivity index (χ1n) is 16.6. The number of hydrogen-bond acceptors (Lipinski definition) is 7. The van der Waals surface area contributed by atoms with Crippen LogP contribution in [0.2, 0.25) is 0 Å². The van der Waals surface area contributed by atoms with Crippen molar-refractivity contribution in [2.24, 2.45) is 4.99 Å². The molecule has 1 fully saturated rings. The van der Waals surface area contributed by atoms with E-state index in [2.05, 4.69) is 60.6 Å². The largest absolute Gasteiger partial charge is 0.494 e. The number of guanidine groups is 1. The third kappa shape index (κ3) is 13.0. The molecule has 4 rings (SSSR count). The lowest BCUT2D eigenvalue weighted by Crippen LogP contribution is -2.37. The number of nitrogens with zero attached hydrogens (tertiary/aromatic N) is 6. The van der Waals surface area contributed by atoms with Gasteiger partial charge in [-0.1, -0.05) is 36.8 Å². The summed E-state index contributed by atoms with van der Waals surface area (Å²) in [5.41, 5.74) is 2.35. The number of hydrogen-bond donors (Lipinski definition) is 2. The molecule has 0 aliphatic carbocycles. The van der Waals surface area contributed by atoms with Gasteiger partial charge in [0.05, 0.1) is 6.61 Å². The average Bonchev–Trinajstić information content (AvgIpc) is 3.08. The Labute approximate surface area is 274 Å². The van der Waals surface area contributed by atoms with Crippen LogP contribution < -0.4 is 20.3 Å². The van der Waals surface area contributed by atoms with Crippen molar-refractivity contribution in [2.45, 2.75) is 51.6 Å². The van der Waals surface area contributed by atoms with Crippen LogP contribution in [-0.2, 0) is 13.1 Å². The number of unbranched alkanes of at least 4 members (excludes halogenated alkanes) is 1. The zero-order valence-electron chi connectivity index (χ0n) is 27.2. The van der Waals surface area contributed by atoms with Crippen LogP contribution in [0.25, 0.3) is 0 Å². The molecule has 0 unspecified atom stereocenters. The van der Waals surface area contributed by atoms with E-state index in [9.17, 15) is 4.39 Å². The van der Waals surface area contributed by atoms with Gasteiger partial charge < -0.3 is 19.9 Å². The number of piperidine rings is 1. The molecule has 1 saturated heterocycles. The molecule has 10 heteroatoms. The molecule has 0 spiro atoms. The fraction of sp³-hybridized carbons (Fsp3) is 0.472. The Bertz CT molecular complexity index is 1340. The summed E-state index contributed by atoms with van der Waals surface area (Å²) in [5.74, 6) is 2.10. The number of aliphatic imine (C=N–C) groups is 1. The third-order valence-corrected chi connectivity index (χ3v) is 8.04. The Morgan fingerprint density at radius 1 is 0.978 bits per heavy atom. The minimum atomic E-state index is -0.232. The summed E-state index contributed by atoms with van der Waals surface area (Å²) >= 11 is 0. The minimum absolute atomic E-state index is 0.232. The van der Waals surface area contributed by atoms with Crippen LogP contribution in [0.3, 0.4) is 0 Å². The number of nitrogens with one attached hydrogen (secondary N) is 2. The van der Waals surface area contributed by atoms with Gasteiger partial charge in [0.2, 0.25) is 5.96 Å². The van der Waals surface area contributed by atoms with E-state index in [0.29, 0.717) is 32.2 Å². The molecule has 9 nitrogen and oxygen atoms in total. The summed E-state index contributed by atoms with van der Waals surface area (Å²) in [6.07, 6.45) is 10.4. The number of likely N-dealkylation sites (tertiary alicyclic amines) is 1. The van der Waals surface area contributed by atoms with Gasteiger partial charge in [0.25, 0.3) is 0 Å². The molecule has 0 atom stereocenters. The molecule has 3 aromatic rings. The van der Waals surface area contributed by atoms with Crippen molar-refractivity contribution in [3.8, 4) is 11.9 Å². The van der Waals surface area contributed by atoms with Gasteiger partial charge in [0.15, 0.2) is 6.19 Å². The van der Waals surface area contributed by atoms with Gasteiger partial charge in [0.1, 0.15) is 17.4 Å². The van der Waals surface area contributed by atoms with E-state index in [4.69, 9.17) is 10.00 Å². The fourth-order valence-electron chi connectivity index (χ4n) is 5.48. The quantitative estimate of drug-likeness (QED) is 0.0636. The normalized spacial score (nSPS) is 13.7. The van der Waals surface area contributed by atoms with Gasteiger partial charge in [0, 0.05) is 45.5 Å². The second kappa shape index (κ2) is 20.0. The van der Waals surface area contributed by atoms with Gasteiger partial charge in [-0.05, 0) is 106 Å². The van der Waals surface area contributed by atoms with E-state index in [-0.39, 0.29) is 5.82 Å². The standard InChI is InChI=1S/C36H49FN8O/c1-43(24-25-45(35-13-3-4-18-39-35)29-31-14-16-33(37)17-15-31)21-10-20-41-36(42-30-38)40-19-5-8-26-46-34-12-9-11-32(27-34)28-44-22-6-2-7-23-44/h3-4,9,11-18,27H,2,5-8,10,19-26,28-29H2,1H3,(H2,40,41,42). The number of ether oxygens (including phenoxy) is 1. The fourth-order valence-corrected chi connectivity index (χ4v) is 5.48. The van der Waals surface area contributed by atoms with Gasteiger partial charge in [-0.3, -0.25) is 15.2 Å². The first-order valence-corrected chi connectivity index (χ1v) is 16.6. The molecule has 46 heavy (non-hydrogen) atoms. The second-order valence-electron chi connectivity index (χ2n) is 11.8. The molecule has 1 aliphatic heterocycles. The van der Waals surface area contributed by atoms with Crippen LogP contribution in [0.15, 0.2) is 77.9 Å². The molecular formula is C36H49FN8O. The van der Waals surface area contributed by atoms with Crippen LogP contribution in [0, 0.1) is 17.3 Å². The van der Waals surface area contributed by atoms with Crippen molar-refractivity contribution in [2.75, 3.05) is 64.4 Å². The summed E-state index contributed by atoms with van der Waals surface area (Å²) in [7, 11) is 2.10. The molecule has 246 valence electrons. The number of aromatic nitrogens is 1. The van der Waals surface area contributed by atoms with Crippen LogP contribution in [-0.4, -0.2) is 80.2 Å². The smallest absolute Gasteiger partial charge is 0.204 e. The Hall–Kier alpha value is -4.20. The molecule has 2 aromatic carbocycles. The molecule has 1 aromatic heterocycles. The molecule has 1 aliphatic rings. The summed E-state index contributed by atoms with van der Waals surface area (Å²) in [5, 5.41) is 15.1. The van der Waals surface area contributed by atoms with Crippen LogP contribution in [0.1, 0.15) is 49.7 Å². The Kier molecular flexibility index (Phi) is 15.1. The summed E-state index contributed by atoms with van der Waals surface area (Å²) < 4.78 is 19.4. The molecule has 0 amide bonds. The zero-order chi connectivity index (χ0) is 32.2. The van der Waals surface area contributed by atoms with Gasteiger partial charge in [-0.2, -0.15) is 5.26 Å². The molecule has 2 heterocycles. The molecular weight excluding hydrogens is 579 g/mol. The average molecular weight is 629 g/mol. The van der Waals surface area contributed by atoms with Crippen molar-refractivity contribution in [1.82, 2.24) is 25.4 Å². The second-order valence-corrected chi connectivity index (χ2v) is 11.8. The minimum Gasteiger partial charge on any atom is -0.494 e. The molecule has 0 radical (unpaired) electrons. The lowest BCUT2D eigenvalue weighted by atomic mass is 10.1. The van der Waals surface area contributed by atoms with Crippen molar-refractivity contribution in [3.63, 3.8) is 0 Å². The number of halogens is 1. The topological polar surface area (TPSA) is 92.0 Å². The van der Waals surface area contributed by atoms with Crippen molar-refractivity contribution >= 4 is 11.8 Å². The third-order valence-electron chi connectivity index (χ3n) is 8.04. The Morgan fingerprint density at radius 3 is 2.61 bits per heavy atom. The van der Waals surface area contributed by atoms with Crippen molar-refractivity contribution in [1.29, 1.82) is 5.26 Å². The lowest BCUT2D eigenvalue weighted by Gasteiger charge is -2.27. The van der Waals surface area contributed by atoms with Gasteiger partial charge >= 0.3 is 0 Å². The highest BCUT2D eigenvalue weighted by atomic mass is 19.1. The van der Waals surface area contributed by atoms with Crippen LogP contribution in [0.4, 0.5) is 10.2 Å². The Balaban J connectivity index is 1.11. The predicted octanol–water partition coefficient (Wildman–Crippen LogP) is 5.41. The summed E-state index contributed by atoms with van der Waals surface area (Å²) in [4.78, 5) is 16.1. The molecule has 0 bridgehead atoms. The van der Waals surface area contributed by atoms with Crippen molar-refractivity contribution in [3.05, 3.63) is 89.9 Å². The van der Waals surface area contributed by atoms with Crippen LogP contribution >= 0.6 is 0 Å². The number of anilines is 1. The van der Waals surface area contributed by atoms with Gasteiger partial charge in [-0.15, -0.1) is 0 Å². The number of likely N-dealkylation sites (N-methyl/N-ethyl adjacent to an activating group) is 1. The number of pyridine rings is 1. The SMILES string of the molecule is CN(CCCNC(=NCCCCOc1cccc(CN2CCCCC2)c1)NC#N)CCN(Cc1ccc(F)cc1)c1ccccn1. The lowest BCUT2D eigenvalue weighted by molar-refractivity contribution is 0.220. The maximum atomic E-state index is 13.4. The summed E-state index contributed by atoms with van der Waals surface area (Å²) in [6, 6.07) is 21.0. The Morgan fingerprint density at radius 2 is 1.83 bits per heavy atom. The summed E-state index contributed by atoms with van der Waals surface area (Å²) in [6.45, 7) is 8.51.